The van der Waals surface area contributed by atoms with Gasteiger partial charge in [0.1, 0.15) is 0 Å². The fraction of sp³-hybridized carbons (Fsp3) is 0.0556. The smallest absolute Gasteiger partial charge is 0.323 e. The molecule has 0 aliphatic carbocycles. The van der Waals surface area contributed by atoms with Crippen LogP contribution in [0.5, 0.6) is 0 Å². The molecule has 7 heteroatoms. The van der Waals surface area contributed by atoms with Crippen molar-refractivity contribution in [3.05, 3.63) is 66.7 Å². The molecule has 2 rings (SSSR count). The maximum atomic E-state index is 12.0. The third kappa shape index (κ3) is 5.73. The second-order valence-electron chi connectivity index (χ2n) is 4.97. The van der Waals surface area contributed by atoms with Crippen molar-refractivity contribution in [1.29, 1.82) is 5.26 Å². The second kappa shape index (κ2) is 8.74. The van der Waals surface area contributed by atoms with Crippen LogP contribution in [-0.4, -0.2) is 18.6 Å². The summed E-state index contributed by atoms with van der Waals surface area (Å²) in [5.41, 5.74) is 2.14. The number of nitriles is 1. The number of urea groups is 2. The lowest BCUT2D eigenvalue weighted by Gasteiger charge is -2.09. The minimum absolute atomic E-state index is 0.337. The maximum absolute atomic E-state index is 12.0. The van der Waals surface area contributed by atoms with Crippen LogP contribution in [0.25, 0.3) is 0 Å². The van der Waals surface area contributed by atoms with Gasteiger partial charge in [-0.25, -0.2) is 9.59 Å². The second-order valence-corrected chi connectivity index (χ2v) is 4.97. The molecule has 25 heavy (non-hydrogen) atoms. The van der Waals surface area contributed by atoms with Crippen molar-refractivity contribution in [1.82, 2.24) is 5.32 Å². The molecule has 0 saturated heterocycles. The van der Waals surface area contributed by atoms with E-state index >= 15 is 0 Å². The van der Waals surface area contributed by atoms with E-state index in [1.165, 1.54) is 0 Å². The highest BCUT2D eigenvalue weighted by Gasteiger charge is 2.04. The predicted molar refractivity (Wildman–Crippen MR) is 97.5 cm³/mol. The first kappa shape index (κ1) is 17.6. The number of amides is 4. The molecule has 0 aliphatic heterocycles. The van der Waals surface area contributed by atoms with E-state index < -0.39 is 6.03 Å². The first-order chi connectivity index (χ1) is 12.1. The molecule has 0 atom stereocenters. The van der Waals surface area contributed by atoms with Gasteiger partial charge in [-0.1, -0.05) is 12.1 Å². The molecule has 126 valence electrons. The highest BCUT2D eigenvalue weighted by Crippen LogP contribution is 2.15. The Morgan fingerprint density at radius 1 is 0.960 bits per heavy atom. The molecule has 0 unspecified atom stereocenters. The van der Waals surface area contributed by atoms with E-state index in [-0.39, 0.29) is 6.03 Å². The number of carbonyl (C=O) groups excluding carboxylic acids is 2. The molecule has 0 bridgehead atoms. The third-order valence-corrected chi connectivity index (χ3v) is 3.06. The Hall–Kier alpha value is -3.79. The van der Waals surface area contributed by atoms with Gasteiger partial charge in [0.2, 0.25) is 0 Å². The zero-order chi connectivity index (χ0) is 18.1. The van der Waals surface area contributed by atoms with E-state index in [1.54, 1.807) is 54.6 Å². The molecule has 2 aromatic rings. The van der Waals surface area contributed by atoms with Crippen LogP contribution in [0.1, 0.15) is 5.56 Å². The largest absolute Gasteiger partial charge is 0.334 e. The number of hydrogen-bond acceptors (Lipinski definition) is 3. The van der Waals surface area contributed by atoms with Gasteiger partial charge in [-0.15, -0.1) is 6.58 Å². The Morgan fingerprint density at radius 2 is 1.56 bits per heavy atom. The Balaban J connectivity index is 1.89. The van der Waals surface area contributed by atoms with Crippen molar-refractivity contribution in [2.45, 2.75) is 0 Å². The van der Waals surface area contributed by atoms with Crippen LogP contribution in [0.15, 0.2) is 61.2 Å². The Morgan fingerprint density at radius 3 is 2.16 bits per heavy atom. The van der Waals surface area contributed by atoms with E-state index in [1.807, 2.05) is 6.07 Å². The summed E-state index contributed by atoms with van der Waals surface area (Å²) in [4.78, 5) is 23.5. The molecule has 4 amide bonds. The molecule has 0 spiro atoms. The topological polar surface area (TPSA) is 106 Å². The molecular formula is C18H17N5O2. The van der Waals surface area contributed by atoms with E-state index in [9.17, 15) is 9.59 Å². The Kier molecular flexibility index (Phi) is 6.14. The van der Waals surface area contributed by atoms with Crippen LogP contribution in [-0.2, 0) is 0 Å². The number of nitrogens with one attached hydrogen (secondary N) is 4. The molecule has 0 aromatic heterocycles. The standard InChI is InChI=1S/C18H17N5O2/c1-2-10-20-17(24)21-14-6-8-15(9-7-14)22-18(25)23-16-5-3-4-13(11-16)12-19/h2-9,11H,1,10H2,(H2,20,21,24)(H2,22,23,25). The van der Waals surface area contributed by atoms with Crippen LogP contribution in [0, 0.1) is 11.3 Å². The highest BCUT2D eigenvalue weighted by atomic mass is 16.2. The summed E-state index contributed by atoms with van der Waals surface area (Å²) in [7, 11) is 0. The van der Waals surface area contributed by atoms with Gasteiger partial charge in [-0.3, -0.25) is 0 Å². The highest BCUT2D eigenvalue weighted by molar-refractivity contribution is 6.00. The van der Waals surface area contributed by atoms with Gasteiger partial charge in [0.05, 0.1) is 11.6 Å². The van der Waals surface area contributed by atoms with Crippen LogP contribution in [0.4, 0.5) is 26.7 Å². The van der Waals surface area contributed by atoms with Gasteiger partial charge in [-0.2, -0.15) is 5.26 Å². The van der Waals surface area contributed by atoms with Gasteiger partial charge in [-0.05, 0) is 42.5 Å². The number of nitrogens with zero attached hydrogens (tertiary/aromatic N) is 1. The van der Waals surface area contributed by atoms with Crippen molar-refractivity contribution in [2.24, 2.45) is 0 Å². The lowest BCUT2D eigenvalue weighted by Crippen LogP contribution is -2.28. The van der Waals surface area contributed by atoms with Gasteiger partial charge in [0.15, 0.2) is 0 Å². The number of hydrogen-bond donors (Lipinski definition) is 4. The van der Waals surface area contributed by atoms with E-state index in [4.69, 9.17) is 5.26 Å². The average molecular weight is 335 g/mol. The van der Waals surface area contributed by atoms with E-state index in [2.05, 4.69) is 27.8 Å². The van der Waals surface area contributed by atoms with Crippen LogP contribution >= 0.6 is 0 Å². The lowest BCUT2D eigenvalue weighted by molar-refractivity contribution is 0.253. The lowest BCUT2D eigenvalue weighted by atomic mass is 10.2. The van der Waals surface area contributed by atoms with Gasteiger partial charge in [0, 0.05) is 23.6 Å². The molecular weight excluding hydrogens is 318 g/mol. The first-order valence-electron chi connectivity index (χ1n) is 7.44. The summed E-state index contributed by atoms with van der Waals surface area (Å²) in [6.07, 6.45) is 1.58. The van der Waals surface area contributed by atoms with Crippen LogP contribution in [0.2, 0.25) is 0 Å². The molecule has 0 radical (unpaired) electrons. The minimum atomic E-state index is -0.431. The molecule has 7 nitrogen and oxygen atoms in total. The number of carbonyl (C=O) groups is 2. The molecule has 0 heterocycles. The predicted octanol–water partition coefficient (Wildman–Crippen LogP) is 3.51. The quantitative estimate of drug-likeness (QED) is 0.628. The summed E-state index contributed by atoms with van der Waals surface area (Å²) in [5.74, 6) is 0. The zero-order valence-corrected chi connectivity index (χ0v) is 13.4. The van der Waals surface area contributed by atoms with Crippen molar-refractivity contribution in [3.8, 4) is 6.07 Å². The molecule has 4 N–H and O–H groups in total. The third-order valence-electron chi connectivity index (χ3n) is 3.06. The minimum Gasteiger partial charge on any atom is -0.334 e. The first-order valence-corrected chi connectivity index (χ1v) is 7.44. The number of benzene rings is 2. The Bertz CT molecular complexity index is 809. The van der Waals surface area contributed by atoms with Gasteiger partial charge < -0.3 is 21.3 Å². The fourth-order valence-corrected chi connectivity index (χ4v) is 1.94. The summed E-state index contributed by atoms with van der Waals surface area (Å²) in [6, 6.07) is 14.5. The summed E-state index contributed by atoms with van der Waals surface area (Å²) in [6.45, 7) is 3.89. The van der Waals surface area contributed by atoms with Crippen molar-refractivity contribution < 1.29 is 9.59 Å². The van der Waals surface area contributed by atoms with E-state index in [0.717, 1.165) is 0 Å². The van der Waals surface area contributed by atoms with Gasteiger partial charge >= 0.3 is 12.1 Å². The summed E-state index contributed by atoms with van der Waals surface area (Å²) < 4.78 is 0. The van der Waals surface area contributed by atoms with E-state index in [0.29, 0.717) is 29.2 Å². The van der Waals surface area contributed by atoms with Crippen LogP contribution < -0.4 is 21.3 Å². The zero-order valence-electron chi connectivity index (χ0n) is 13.4. The van der Waals surface area contributed by atoms with Crippen molar-refractivity contribution in [2.75, 3.05) is 22.5 Å². The molecule has 0 fully saturated rings. The van der Waals surface area contributed by atoms with Crippen LogP contribution in [0.3, 0.4) is 0 Å². The summed E-state index contributed by atoms with van der Waals surface area (Å²) in [5, 5.41) is 19.4. The van der Waals surface area contributed by atoms with Crippen molar-refractivity contribution >= 4 is 29.1 Å². The Labute approximate surface area is 145 Å². The number of rotatable bonds is 5. The average Bonchev–Trinajstić information content (AvgIpc) is 2.61. The monoisotopic (exact) mass is 335 g/mol. The summed E-state index contributed by atoms with van der Waals surface area (Å²) >= 11 is 0. The molecule has 0 saturated carbocycles. The number of anilines is 3. The molecule has 0 aliphatic rings. The fourth-order valence-electron chi connectivity index (χ4n) is 1.94. The van der Waals surface area contributed by atoms with Crippen molar-refractivity contribution in [3.63, 3.8) is 0 Å². The molecule has 2 aromatic carbocycles. The van der Waals surface area contributed by atoms with Gasteiger partial charge in [0.25, 0.3) is 0 Å². The maximum Gasteiger partial charge on any atom is 0.323 e. The normalized spacial score (nSPS) is 9.40. The SMILES string of the molecule is C=CCNC(=O)Nc1ccc(NC(=O)Nc2cccc(C#N)c2)cc1.